The summed E-state index contributed by atoms with van der Waals surface area (Å²) in [6.07, 6.45) is 4.27. The highest BCUT2D eigenvalue weighted by molar-refractivity contribution is 6.06. The number of halogens is 1. The van der Waals surface area contributed by atoms with Gasteiger partial charge in [-0.25, -0.2) is 4.39 Å². The molecule has 134 valence electrons. The highest BCUT2D eigenvalue weighted by atomic mass is 19.1. The third kappa shape index (κ3) is 2.72. The number of hydrogen-bond donors (Lipinski definition) is 1. The first-order valence-corrected chi connectivity index (χ1v) is 8.96. The van der Waals surface area contributed by atoms with Crippen molar-refractivity contribution >= 4 is 11.7 Å². The molecule has 1 amide bonds. The summed E-state index contributed by atoms with van der Waals surface area (Å²) in [5.41, 5.74) is -0.682. The van der Waals surface area contributed by atoms with Crippen molar-refractivity contribution in [1.29, 1.82) is 0 Å². The lowest BCUT2D eigenvalue weighted by atomic mass is 9.71. The molecule has 1 aliphatic carbocycles. The number of carbonyl (C=O) groups excluding carboxylic acids is 2. The van der Waals surface area contributed by atoms with Crippen LogP contribution in [0.1, 0.15) is 36.0 Å². The van der Waals surface area contributed by atoms with Crippen molar-refractivity contribution in [1.82, 2.24) is 10.2 Å². The summed E-state index contributed by atoms with van der Waals surface area (Å²) in [7, 11) is 1.90. The molecule has 1 aromatic rings. The first-order chi connectivity index (χ1) is 12.0. The van der Waals surface area contributed by atoms with E-state index in [1.54, 1.807) is 0 Å². The van der Waals surface area contributed by atoms with Crippen LogP contribution in [0, 0.1) is 17.2 Å². The number of ether oxygens (including phenoxy) is 1. The Balaban J connectivity index is 1.64. The van der Waals surface area contributed by atoms with E-state index >= 15 is 0 Å². The predicted molar refractivity (Wildman–Crippen MR) is 90.0 cm³/mol. The molecule has 0 aromatic heterocycles. The quantitative estimate of drug-likeness (QED) is 0.890. The number of rotatable bonds is 2. The number of carbonyl (C=O) groups is 2. The standard InChI is InChI=1S/C19H23FN2O3/c1-22-9-15(18(24)21-13-4-2-3-5-13)19(10-22)11-25-16-7-6-12(20)8-14(16)17(19)23/h6-8,13,15H,2-5,9-11H2,1H3,(H,21,24)/t15-,19-/m0/s1. The third-order valence-electron chi connectivity index (χ3n) is 5.86. The molecular formula is C19H23FN2O3. The largest absolute Gasteiger partial charge is 0.492 e. The van der Waals surface area contributed by atoms with Crippen LogP contribution < -0.4 is 10.1 Å². The number of fused-ring (bicyclic) bond motifs is 1. The van der Waals surface area contributed by atoms with Crippen molar-refractivity contribution in [2.75, 3.05) is 26.7 Å². The molecule has 0 bridgehead atoms. The Kier molecular flexibility index (Phi) is 4.02. The van der Waals surface area contributed by atoms with Crippen LogP contribution in [0.4, 0.5) is 4.39 Å². The lowest BCUT2D eigenvalue weighted by molar-refractivity contribution is -0.128. The van der Waals surface area contributed by atoms with Gasteiger partial charge in [0, 0.05) is 19.1 Å². The predicted octanol–water partition coefficient (Wildman–Crippen LogP) is 2.01. The maximum atomic E-state index is 13.6. The summed E-state index contributed by atoms with van der Waals surface area (Å²) >= 11 is 0. The van der Waals surface area contributed by atoms with Gasteiger partial charge in [-0.05, 0) is 38.1 Å². The fraction of sp³-hybridized carbons (Fsp3) is 0.579. The van der Waals surface area contributed by atoms with Crippen molar-refractivity contribution in [3.63, 3.8) is 0 Å². The van der Waals surface area contributed by atoms with E-state index in [0.717, 1.165) is 25.7 Å². The Morgan fingerprint density at radius 2 is 2.12 bits per heavy atom. The SMILES string of the molecule is CN1C[C@@H](C(=O)NC2CCCC2)[C@@]2(COc3ccc(F)cc3C2=O)C1. The van der Waals surface area contributed by atoms with E-state index in [1.165, 1.54) is 18.2 Å². The minimum Gasteiger partial charge on any atom is -0.492 e. The number of benzene rings is 1. The molecule has 1 N–H and O–H groups in total. The fourth-order valence-corrected chi connectivity index (χ4v) is 4.57. The number of amides is 1. The normalized spacial score (nSPS) is 29.7. The molecular weight excluding hydrogens is 323 g/mol. The zero-order valence-corrected chi connectivity index (χ0v) is 14.4. The smallest absolute Gasteiger partial charge is 0.225 e. The molecule has 0 unspecified atom stereocenters. The van der Waals surface area contributed by atoms with Gasteiger partial charge in [-0.2, -0.15) is 0 Å². The average Bonchev–Trinajstić information content (AvgIpc) is 3.20. The van der Waals surface area contributed by atoms with Crippen molar-refractivity contribution < 1.29 is 18.7 Å². The summed E-state index contributed by atoms with van der Waals surface area (Å²) in [4.78, 5) is 28.2. The second-order valence-electron chi connectivity index (χ2n) is 7.65. The molecule has 2 aliphatic heterocycles. The molecule has 1 saturated heterocycles. The van der Waals surface area contributed by atoms with Gasteiger partial charge in [0.25, 0.3) is 0 Å². The molecule has 2 fully saturated rings. The van der Waals surface area contributed by atoms with Gasteiger partial charge >= 0.3 is 0 Å². The molecule has 1 spiro atoms. The molecule has 1 saturated carbocycles. The van der Waals surface area contributed by atoms with Crippen molar-refractivity contribution in [2.24, 2.45) is 11.3 Å². The van der Waals surface area contributed by atoms with Gasteiger partial charge in [0.15, 0.2) is 5.78 Å². The molecule has 2 heterocycles. The summed E-state index contributed by atoms with van der Waals surface area (Å²) in [5, 5.41) is 3.12. The number of nitrogens with zero attached hydrogens (tertiary/aromatic N) is 1. The van der Waals surface area contributed by atoms with E-state index in [0.29, 0.717) is 18.8 Å². The van der Waals surface area contributed by atoms with E-state index in [4.69, 9.17) is 4.74 Å². The van der Waals surface area contributed by atoms with Crippen LogP contribution >= 0.6 is 0 Å². The zero-order chi connectivity index (χ0) is 17.6. The number of Topliss-reactive ketones (excluding diaryl/α,β-unsaturated/α-hetero) is 1. The van der Waals surface area contributed by atoms with Crippen LogP contribution in [0.25, 0.3) is 0 Å². The monoisotopic (exact) mass is 346 g/mol. The van der Waals surface area contributed by atoms with Gasteiger partial charge in [0.2, 0.25) is 5.91 Å². The summed E-state index contributed by atoms with van der Waals surface area (Å²) in [5.74, 6) is -0.785. The summed E-state index contributed by atoms with van der Waals surface area (Å²) in [6, 6.07) is 4.21. The average molecular weight is 346 g/mol. The summed E-state index contributed by atoms with van der Waals surface area (Å²) in [6.45, 7) is 1.13. The Hall–Kier alpha value is -1.95. The zero-order valence-electron chi connectivity index (χ0n) is 14.4. The highest BCUT2D eigenvalue weighted by Gasteiger charge is 2.57. The Morgan fingerprint density at radius 3 is 2.88 bits per heavy atom. The summed E-state index contributed by atoms with van der Waals surface area (Å²) < 4.78 is 19.4. The van der Waals surface area contributed by atoms with Gasteiger partial charge in [0.1, 0.15) is 18.2 Å². The first-order valence-electron chi connectivity index (χ1n) is 8.96. The first kappa shape index (κ1) is 16.5. The highest BCUT2D eigenvalue weighted by Crippen LogP contribution is 2.44. The Morgan fingerprint density at radius 1 is 1.36 bits per heavy atom. The molecule has 5 nitrogen and oxygen atoms in total. The molecule has 1 aromatic carbocycles. The minimum atomic E-state index is -0.932. The Labute approximate surface area is 146 Å². The Bertz CT molecular complexity index is 717. The second-order valence-corrected chi connectivity index (χ2v) is 7.65. The van der Waals surface area contributed by atoms with Gasteiger partial charge in [-0.1, -0.05) is 12.8 Å². The molecule has 0 radical (unpaired) electrons. The van der Waals surface area contributed by atoms with Crippen LogP contribution in [0.3, 0.4) is 0 Å². The maximum absolute atomic E-state index is 13.6. The minimum absolute atomic E-state index is 0.0759. The van der Waals surface area contributed by atoms with Crippen molar-refractivity contribution in [3.05, 3.63) is 29.6 Å². The van der Waals surface area contributed by atoms with Crippen LogP contribution in [0.5, 0.6) is 5.75 Å². The van der Waals surface area contributed by atoms with Gasteiger partial charge < -0.3 is 15.0 Å². The second kappa shape index (κ2) is 6.09. The molecule has 3 aliphatic rings. The van der Waals surface area contributed by atoms with Crippen LogP contribution in [-0.2, 0) is 4.79 Å². The van der Waals surface area contributed by atoms with E-state index in [9.17, 15) is 14.0 Å². The van der Waals surface area contributed by atoms with Gasteiger partial charge in [-0.3, -0.25) is 9.59 Å². The van der Waals surface area contributed by atoms with Crippen molar-refractivity contribution in [2.45, 2.75) is 31.7 Å². The number of likely N-dealkylation sites (tertiary alicyclic amines) is 1. The van der Waals surface area contributed by atoms with E-state index in [-0.39, 0.29) is 29.9 Å². The van der Waals surface area contributed by atoms with E-state index < -0.39 is 17.2 Å². The molecule has 2 atom stereocenters. The lowest BCUT2D eigenvalue weighted by Gasteiger charge is -2.36. The van der Waals surface area contributed by atoms with E-state index in [1.807, 2.05) is 11.9 Å². The maximum Gasteiger partial charge on any atom is 0.225 e. The van der Waals surface area contributed by atoms with Gasteiger partial charge in [0.05, 0.1) is 16.9 Å². The fourth-order valence-electron chi connectivity index (χ4n) is 4.57. The topological polar surface area (TPSA) is 58.6 Å². The molecule has 4 rings (SSSR count). The van der Waals surface area contributed by atoms with Crippen LogP contribution in [0.15, 0.2) is 18.2 Å². The molecule has 6 heteroatoms. The van der Waals surface area contributed by atoms with Crippen LogP contribution in [-0.4, -0.2) is 49.4 Å². The third-order valence-corrected chi connectivity index (χ3v) is 5.86. The van der Waals surface area contributed by atoms with Gasteiger partial charge in [-0.15, -0.1) is 0 Å². The molecule has 25 heavy (non-hydrogen) atoms. The van der Waals surface area contributed by atoms with Crippen molar-refractivity contribution in [3.8, 4) is 5.75 Å². The number of nitrogens with one attached hydrogen (secondary N) is 1. The lowest BCUT2D eigenvalue weighted by Crippen LogP contribution is -2.52. The van der Waals surface area contributed by atoms with Crippen LogP contribution in [0.2, 0.25) is 0 Å². The number of ketones is 1. The van der Waals surface area contributed by atoms with E-state index in [2.05, 4.69) is 5.32 Å². The number of hydrogen-bond acceptors (Lipinski definition) is 4.